The molecule has 2 rings (SSSR count). The Balaban J connectivity index is 2.22. The van der Waals surface area contributed by atoms with Crippen LogP contribution in [0.5, 0.6) is 5.75 Å². The van der Waals surface area contributed by atoms with E-state index in [0.717, 1.165) is 5.56 Å². The highest BCUT2D eigenvalue weighted by molar-refractivity contribution is 9.08. The van der Waals surface area contributed by atoms with E-state index in [1.807, 2.05) is 0 Å². The third-order valence-corrected chi connectivity index (χ3v) is 3.71. The Morgan fingerprint density at radius 3 is 2.70 bits per heavy atom. The first-order chi connectivity index (χ1) is 9.67. The first-order valence-electron chi connectivity index (χ1n) is 5.81. The minimum atomic E-state index is -0.544. The fourth-order valence-electron chi connectivity index (χ4n) is 1.74. The van der Waals surface area contributed by atoms with Gasteiger partial charge in [0, 0.05) is 21.5 Å². The summed E-state index contributed by atoms with van der Waals surface area (Å²) in [5.41, 5.74) is 1.16. The minimum absolute atomic E-state index is 0.0120. The van der Waals surface area contributed by atoms with E-state index < -0.39 is 5.82 Å². The van der Waals surface area contributed by atoms with Gasteiger partial charge in [-0.3, -0.25) is 0 Å². The fraction of sp³-hybridized carbons (Fsp3) is 0.133. The molecule has 0 radical (unpaired) electrons. The molecule has 0 saturated heterocycles. The molecule has 0 aliphatic carbocycles. The van der Waals surface area contributed by atoms with Crippen molar-refractivity contribution in [1.82, 2.24) is 0 Å². The largest absolute Gasteiger partial charge is 0.488 e. The molecule has 0 heterocycles. The molecule has 2 aromatic carbocycles. The molecule has 0 fully saturated rings. The number of halogens is 3. The van der Waals surface area contributed by atoms with Crippen LogP contribution in [0, 0.1) is 17.1 Å². The zero-order valence-corrected chi connectivity index (χ0v) is 12.7. The number of alkyl halides is 1. The monoisotopic (exact) mass is 353 g/mol. The van der Waals surface area contributed by atoms with Crippen LogP contribution in [0.15, 0.2) is 36.4 Å². The van der Waals surface area contributed by atoms with Crippen molar-refractivity contribution in [3.05, 3.63) is 63.9 Å². The van der Waals surface area contributed by atoms with E-state index in [1.165, 1.54) is 6.07 Å². The molecule has 2 aromatic rings. The van der Waals surface area contributed by atoms with Gasteiger partial charge in [-0.2, -0.15) is 5.26 Å². The van der Waals surface area contributed by atoms with Gasteiger partial charge in [0.1, 0.15) is 24.2 Å². The topological polar surface area (TPSA) is 33.0 Å². The summed E-state index contributed by atoms with van der Waals surface area (Å²) >= 11 is 9.40. The highest BCUT2D eigenvalue weighted by atomic mass is 79.9. The molecule has 0 N–H and O–H groups in total. The van der Waals surface area contributed by atoms with Gasteiger partial charge < -0.3 is 4.74 Å². The van der Waals surface area contributed by atoms with Crippen LogP contribution in [-0.2, 0) is 11.9 Å². The SMILES string of the molecule is N#Cc1cccc(COc2cccc(Cl)c2CBr)c1F. The number of rotatable bonds is 4. The third-order valence-electron chi connectivity index (χ3n) is 2.79. The van der Waals surface area contributed by atoms with Crippen LogP contribution in [-0.4, -0.2) is 0 Å². The van der Waals surface area contributed by atoms with E-state index in [2.05, 4.69) is 15.9 Å². The highest BCUT2D eigenvalue weighted by Crippen LogP contribution is 2.29. The summed E-state index contributed by atoms with van der Waals surface area (Å²) in [7, 11) is 0. The molecule has 102 valence electrons. The van der Waals surface area contributed by atoms with E-state index in [4.69, 9.17) is 21.6 Å². The summed E-state index contributed by atoms with van der Waals surface area (Å²) in [5.74, 6) is 0.0496. The van der Waals surface area contributed by atoms with Gasteiger partial charge in [-0.05, 0) is 18.2 Å². The molecule has 0 amide bonds. The van der Waals surface area contributed by atoms with Crippen molar-refractivity contribution in [2.45, 2.75) is 11.9 Å². The average molecular weight is 355 g/mol. The lowest BCUT2D eigenvalue weighted by molar-refractivity contribution is 0.297. The van der Waals surface area contributed by atoms with Gasteiger partial charge >= 0.3 is 0 Å². The molecule has 0 bridgehead atoms. The Bertz CT molecular complexity index is 655. The summed E-state index contributed by atoms with van der Waals surface area (Å²) < 4.78 is 19.5. The normalized spacial score (nSPS) is 10.1. The Morgan fingerprint density at radius 1 is 1.25 bits per heavy atom. The van der Waals surface area contributed by atoms with E-state index in [1.54, 1.807) is 36.4 Å². The third kappa shape index (κ3) is 3.12. The van der Waals surface area contributed by atoms with E-state index in [9.17, 15) is 4.39 Å². The van der Waals surface area contributed by atoms with Gasteiger partial charge in [-0.25, -0.2) is 4.39 Å². The quantitative estimate of drug-likeness (QED) is 0.737. The van der Waals surface area contributed by atoms with Gasteiger partial charge in [0.2, 0.25) is 0 Å². The summed E-state index contributed by atoms with van der Waals surface area (Å²) in [4.78, 5) is 0. The molecular weight excluding hydrogens is 345 g/mol. The predicted molar refractivity (Wildman–Crippen MR) is 79.5 cm³/mol. The maximum absolute atomic E-state index is 13.9. The molecule has 0 aliphatic rings. The first-order valence-corrected chi connectivity index (χ1v) is 7.31. The standard InChI is InChI=1S/C15H10BrClFNO/c16-7-12-13(17)5-2-6-14(12)20-9-11-4-1-3-10(8-19)15(11)18/h1-6H,7,9H2. The van der Waals surface area contributed by atoms with Crippen molar-refractivity contribution in [1.29, 1.82) is 5.26 Å². The van der Waals surface area contributed by atoms with Crippen molar-refractivity contribution in [2.75, 3.05) is 0 Å². The minimum Gasteiger partial charge on any atom is -0.488 e. The lowest BCUT2D eigenvalue weighted by atomic mass is 10.1. The second-order valence-electron chi connectivity index (χ2n) is 4.03. The van der Waals surface area contributed by atoms with Gasteiger partial charge in [-0.15, -0.1) is 0 Å². The number of ether oxygens (including phenoxy) is 1. The van der Waals surface area contributed by atoms with Crippen LogP contribution in [0.2, 0.25) is 5.02 Å². The van der Waals surface area contributed by atoms with Crippen LogP contribution in [0.3, 0.4) is 0 Å². The first kappa shape index (κ1) is 14.8. The Morgan fingerprint density at radius 2 is 2.00 bits per heavy atom. The van der Waals surface area contributed by atoms with Gasteiger partial charge in [0.05, 0.1) is 5.56 Å². The second kappa shape index (κ2) is 6.74. The van der Waals surface area contributed by atoms with E-state index >= 15 is 0 Å². The highest BCUT2D eigenvalue weighted by Gasteiger charge is 2.10. The molecule has 0 atom stereocenters. The Kier molecular flexibility index (Phi) is 4.99. The molecular formula is C15H10BrClFNO. The Labute approximate surface area is 129 Å². The lowest BCUT2D eigenvalue weighted by Crippen LogP contribution is -2.02. The summed E-state index contributed by atoms with van der Waals surface area (Å²) in [6.07, 6.45) is 0. The smallest absolute Gasteiger partial charge is 0.147 e. The zero-order valence-electron chi connectivity index (χ0n) is 10.4. The van der Waals surface area contributed by atoms with Crippen LogP contribution in [0.4, 0.5) is 4.39 Å². The average Bonchev–Trinajstić information content (AvgIpc) is 2.46. The van der Waals surface area contributed by atoms with E-state index in [-0.39, 0.29) is 12.2 Å². The van der Waals surface area contributed by atoms with E-state index in [0.29, 0.717) is 21.7 Å². The fourth-order valence-corrected chi connectivity index (χ4v) is 2.71. The van der Waals surface area contributed by atoms with Crippen molar-refractivity contribution in [2.24, 2.45) is 0 Å². The summed E-state index contributed by atoms with van der Waals surface area (Å²) in [5, 5.41) is 9.93. The molecule has 0 spiro atoms. The lowest BCUT2D eigenvalue weighted by Gasteiger charge is -2.12. The molecule has 0 unspecified atom stereocenters. The van der Waals surface area contributed by atoms with Crippen molar-refractivity contribution in [3.63, 3.8) is 0 Å². The molecule has 2 nitrogen and oxygen atoms in total. The molecule has 5 heteroatoms. The van der Waals surface area contributed by atoms with Crippen LogP contribution >= 0.6 is 27.5 Å². The second-order valence-corrected chi connectivity index (χ2v) is 5.00. The van der Waals surface area contributed by atoms with Gasteiger partial charge in [0.25, 0.3) is 0 Å². The summed E-state index contributed by atoms with van der Waals surface area (Å²) in [6, 6.07) is 11.8. The predicted octanol–water partition coefficient (Wildman–Crippen LogP) is 4.82. The van der Waals surface area contributed by atoms with Crippen molar-refractivity contribution < 1.29 is 9.13 Å². The molecule has 0 aromatic heterocycles. The number of nitrogens with zero attached hydrogens (tertiary/aromatic N) is 1. The van der Waals surface area contributed by atoms with Gasteiger partial charge in [-0.1, -0.05) is 45.7 Å². The Hall–Kier alpha value is -1.57. The zero-order chi connectivity index (χ0) is 14.5. The molecule has 0 saturated carbocycles. The van der Waals surface area contributed by atoms with Crippen LogP contribution in [0.1, 0.15) is 16.7 Å². The number of hydrogen-bond acceptors (Lipinski definition) is 2. The van der Waals surface area contributed by atoms with Crippen LogP contribution < -0.4 is 4.74 Å². The summed E-state index contributed by atoms with van der Waals surface area (Å²) in [6.45, 7) is 0.0433. The molecule has 20 heavy (non-hydrogen) atoms. The number of benzene rings is 2. The van der Waals surface area contributed by atoms with Crippen molar-refractivity contribution in [3.8, 4) is 11.8 Å². The molecule has 0 aliphatic heterocycles. The maximum Gasteiger partial charge on any atom is 0.147 e. The number of hydrogen-bond donors (Lipinski definition) is 0. The van der Waals surface area contributed by atoms with Crippen LogP contribution in [0.25, 0.3) is 0 Å². The number of nitriles is 1. The maximum atomic E-state index is 13.9. The van der Waals surface area contributed by atoms with Gasteiger partial charge in [0.15, 0.2) is 0 Å². The van der Waals surface area contributed by atoms with Crippen molar-refractivity contribution >= 4 is 27.5 Å².